The van der Waals surface area contributed by atoms with Crippen molar-refractivity contribution in [2.45, 2.75) is 19.1 Å². The minimum absolute atomic E-state index is 0.275. The van der Waals surface area contributed by atoms with Gasteiger partial charge < -0.3 is 0 Å². The molecule has 3 aromatic rings. The van der Waals surface area contributed by atoms with Crippen molar-refractivity contribution in [3.63, 3.8) is 0 Å². The van der Waals surface area contributed by atoms with E-state index in [9.17, 15) is 9.59 Å². The Morgan fingerprint density at radius 2 is 1.50 bits per heavy atom. The van der Waals surface area contributed by atoms with Crippen LogP contribution in [0.4, 0.5) is 11.4 Å². The summed E-state index contributed by atoms with van der Waals surface area (Å²) in [6.45, 7) is 1.80. The van der Waals surface area contributed by atoms with Crippen molar-refractivity contribution < 1.29 is 14.4 Å². The van der Waals surface area contributed by atoms with Crippen molar-refractivity contribution >= 4 is 34.8 Å². The van der Waals surface area contributed by atoms with Crippen molar-refractivity contribution in [2.75, 3.05) is 9.96 Å². The summed E-state index contributed by atoms with van der Waals surface area (Å²) < 4.78 is 0. The molecule has 2 aliphatic rings. The molecule has 5 rings (SSSR count). The molecule has 0 saturated carbocycles. The molecule has 0 unspecified atom stereocenters. The van der Waals surface area contributed by atoms with E-state index in [0.717, 1.165) is 11.3 Å². The predicted octanol–water partition coefficient (Wildman–Crippen LogP) is 4.70. The molecular weight excluding hydrogens is 400 g/mol. The SMILES string of the molecule is Cc1c(Cl)cccc1N1C(=O)[C@@H]2[C@H](ON(c3ccccc3)[C@@H]2c2ccccc2)C1=O. The zero-order chi connectivity index (χ0) is 20.8. The Morgan fingerprint density at radius 1 is 0.833 bits per heavy atom. The summed E-state index contributed by atoms with van der Waals surface area (Å²) in [4.78, 5) is 34.3. The van der Waals surface area contributed by atoms with E-state index in [1.54, 1.807) is 30.2 Å². The first-order valence-electron chi connectivity index (χ1n) is 9.77. The van der Waals surface area contributed by atoms with Crippen LogP contribution in [0.2, 0.25) is 5.02 Å². The van der Waals surface area contributed by atoms with Gasteiger partial charge in [0.25, 0.3) is 5.91 Å². The van der Waals surface area contributed by atoms with Crippen molar-refractivity contribution in [1.29, 1.82) is 0 Å². The van der Waals surface area contributed by atoms with Crippen LogP contribution in [-0.2, 0) is 14.4 Å². The zero-order valence-corrected chi connectivity index (χ0v) is 17.0. The van der Waals surface area contributed by atoms with E-state index < -0.39 is 18.1 Å². The maximum absolute atomic E-state index is 13.6. The highest BCUT2D eigenvalue weighted by Gasteiger charge is 2.60. The van der Waals surface area contributed by atoms with Gasteiger partial charge in [-0.3, -0.25) is 14.4 Å². The highest BCUT2D eigenvalue weighted by Crippen LogP contribution is 2.48. The summed E-state index contributed by atoms with van der Waals surface area (Å²) in [5.41, 5.74) is 2.91. The van der Waals surface area contributed by atoms with Gasteiger partial charge in [0, 0.05) is 5.02 Å². The number of carbonyl (C=O) groups excluding carboxylic acids is 2. The second-order valence-electron chi connectivity index (χ2n) is 7.46. The smallest absolute Gasteiger partial charge is 0.266 e. The van der Waals surface area contributed by atoms with Crippen molar-refractivity contribution in [1.82, 2.24) is 0 Å². The van der Waals surface area contributed by atoms with Crippen LogP contribution in [-0.4, -0.2) is 17.9 Å². The van der Waals surface area contributed by atoms with Gasteiger partial charge in [-0.05, 0) is 42.3 Å². The molecule has 5 nitrogen and oxygen atoms in total. The second-order valence-corrected chi connectivity index (χ2v) is 7.87. The highest BCUT2D eigenvalue weighted by atomic mass is 35.5. The largest absolute Gasteiger partial charge is 0.273 e. The molecule has 0 N–H and O–H groups in total. The van der Waals surface area contributed by atoms with E-state index in [-0.39, 0.29) is 11.8 Å². The molecule has 0 spiro atoms. The van der Waals surface area contributed by atoms with Gasteiger partial charge in [-0.25, -0.2) is 9.96 Å². The lowest BCUT2D eigenvalue weighted by atomic mass is 9.90. The molecule has 30 heavy (non-hydrogen) atoms. The zero-order valence-electron chi connectivity index (χ0n) is 16.2. The van der Waals surface area contributed by atoms with Crippen LogP contribution in [0.15, 0.2) is 78.9 Å². The molecule has 2 amide bonds. The van der Waals surface area contributed by atoms with E-state index in [4.69, 9.17) is 16.4 Å². The van der Waals surface area contributed by atoms with Crippen molar-refractivity contribution in [3.05, 3.63) is 95.0 Å². The van der Waals surface area contributed by atoms with E-state index in [0.29, 0.717) is 16.3 Å². The Kier molecular flexibility index (Phi) is 4.57. The molecule has 0 radical (unpaired) electrons. The van der Waals surface area contributed by atoms with Crippen LogP contribution in [0.1, 0.15) is 17.2 Å². The summed E-state index contributed by atoms with van der Waals surface area (Å²) in [6, 6.07) is 24.0. The third kappa shape index (κ3) is 2.82. The van der Waals surface area contributed by atoms with E-state index in [1.807, 2.05) is 60.7 Å². The highest BCUT2D eigenvalue weighted by molar-refractivity contribution is 6.32. The fraction of sp³-hybridized carbons (Fsp3) is 0.167. The Morgan fingerprint density at radius 3 is 2.20 bits per heavy atom. The van der Waals surface area contributed by atoms with Gasteiger partial charge >= 0.3 is 0 Å². The number of rotatable bonds is 3. The molecule has 0 aromatic heterocycles. The molecular formula is C24H19ClN2O3. The first kappa shape index (κ1) is 18.9. The molecule has 2 saturated heterocycles. The standard InChI is InChI=1S/C24H19ClN2O3/c1-15-18(25)13-8-14-19(15)26-23(28)20-21(16-9-4-2-5-10-16)27(30-22(20)24(26)29)17-11-6-3-7-12-17/h2-14,20-22H,1H3/t20-,21+,22-/m0/s1. The predicted molar refractivity (Wildman–Crippen MR) is 115 cm³/mol. The normalized spacial score (nSPS) is 23.2. The van der Waals surface area contributed by atoms with Gasteiger partial charge in [0.1, 0.15) is 5.92 Å². The number of para-hydroxylation sites is 1. The lowest BCUT2D eigenvalue weighted by molar-refractivity contribution is -0.126. The maximum Gasteiger partial charge on any atom is 0.266 e. The van der Waals surface area contributed by atoms with Crippen LogP contribution < -0.4 is 9.96 Å². The number of benzene rings is 3. The van der Waals surface area contributed by atoms with Gasteiger partial charge in [-0.1, -0.05) is 66.2 Å². The Labute approximate surface area is 179 Å². The number of fused-ring (bicyclic) bond motifs is 1. The summed E-state index contributed by atoms with van der Waals surface area (Å²) in [6.07, 6.45) is -0.888. The van der Waals surface area contributed by atoms with E-state index >= 15 is 0 Å². The monoisotopic (exact) mass is 418 g/mol. The number of hydrogen-bond donors (Lipinski definition) is 0. The lowest BCUT2D eigenvalue weighted by Crippen LogP contribution is -2.37. The molecule has 6 heteroatoms. The summed E-state index contributed by atoms with van der Waals surface area (Å²) >= 11 is 6.25. The van der Waals surface area contributed by atoms with Crippen LogP contribution in [0.3, 0.4) is 0 Å². The van der Waals surface area contributed by atoms with Crippen molar-refractivity contribution in [3.8, 4) is 0 Å². The number of amides is 2. The van der Waals surface area contributed by atoms with Crippen LogP contribution >= 0.6 is 11.6 Å². The lowest BCUT2D eigenvalue weighted by Gasteiger charge is -2.29. The van der Waals surface area contributed by atoms with E-state index in [1.165, 1.54) is 4.90 Å². The molecule has 2 heterocycles. The Bertz CT molecular complexity index is 1120. The average Bonchev–Trinajstić information content (AvgIpc) is 3.28. The molecule has 2 aliphatic heterocycles. The first-order chi connectivity index (χ1) is 14.6. The summed E-state index contributed by atoms with van der Waals surface area (Å²) in [5, 5.41) is 2.21. The third-order valence-corrected chi connectivity index (χ3v) is 6.16. The molecule has 0 bridgehead atoms. The number of halogens is 1. The molecule has 2 fully saturated rings. The Hall–Kier alpha value is -3.15. The van der Waals surface area contributed by atoms with Gasteiger partial charge in [0.05, 0.1) is 17.4 Å². The molecule has 0 aliphatic carbocycles. The third-order valence-electron chi connectivity index (χ3n) is 5.75. The molecule has 3 aromatic carbocycles. The quantitative estimate of drug-likeness (QED) is 0.578. The van der Waals surface area contributed by atoms with Crippen LogP contribution in [0, 0.1) is 12.8 Å². The van der Waals surface area contributed by atoms with Crippen molar-refractivity contribution in [2.24, 2.45) is 5.92 Å². The van der Waals surface area contributed by atoms with Gasteiger partial charge in [0.2, 0.25) is 5.91 Å². The number of carbonyl (C=O) groups is 2. The summed E-state index contributed by atoms with van der Waals surface area (Å²) in [5.74, 6) is -1.30. The minimum atomic E-state index is -0.888. The topological polar surface area (TPSA) is 49.9 Å². The number of hydrogen-bond acceptors (Lipinski definition) is 4. The fourth-order valence-electron chi connectivity index (χ4n) is 4.28. The first-order valence-corrected chi connectivity index (χ1v) is 10.1. The Balaban J connectivity index is 1.60. The number of imide groups is 1. The average molecular weight is 419 g/mol. The second kappa shape index (κ2) is 7.27. The number of anilines is 2. The van der Waals surface area contributed by atoms with Gasteiger partial charge in [0.15, 0.2) is 6.10 Å². The molecule has 150 valence electrons. The number of nitrogens with zero attached hydrogens (tertiary/aromatic N) is 2. The molecule has 3 atom stereocenters. The minimum Gasteiger partial charge on any atom is -0.273 e. The van der Waals surface area contributed by atoms with Gasteiger partial charge in [-0.2, -0.15) is 0 Å². The van der Waals surface area contributed by atoms with Crippen LogP contribution in [0.25, 0.3) is 0 Å². The van der Waals surface area contributed by atoms with E-state index in [2.05, 4.69) is 0 Å². The van der Waals surface area contributed by atoms with Crippen LogP contribution in [0.5, 0.6) is 0 Å². The summed E-state index contributed by atoms with van der Waals surface area (Å²) in [7, 11) is 0. The fourth-order valence-corrected chi connectivity index (χ4v) is 4.45. The van der Waals surface area contributed by atoms with Gasteiger partial charge in [-0.15, -0.1) is 0 Å². The number of hydroxylamine groups is 1. The maximum atomic E-state index is 13.6.